The van der Waals surface area contributed by atoms with E-state index in [-0.39, 0.29) is 21.8 Å². The van der Waals surface area contributed by atoms with Crippen molar-refractivity contribution in [1.29, 1.82) is 0 Å². The highest BCUT2D eigenvalue weighted by Gasteiger charge is 2.21. The molecule has 0 aliphatic carbocycles. The van der Waals surface area contributed by atoms with Gasteiger partial charge in [-0.25, -0.2) is 13.4 Å². The van der Waals surface area contributed by atoms with Crippen molar-refractivity contribution in [1.82, 2.24) is 20.0 Å². The number of benzene rings is 2. The average molecular weight is 442 g/mol. The summed E-state index contributed by atoms with van der Waals surface area (Å²) in [5.74, 6) is 0.281. The van der Waals surface area contributed by atoms with E-state index in [0.717, 1.165) is 5.56 Å². The van der Waals surface area contributed by atoms with Gasteiger partial charge < -0.3 is 0 Å². The molecule has 0 saturated heterocycles. The standard InChI is InChI=1S/C21H20ClN5O2S/c1-21(2,3)14-8-10-16(11-9-14)30(28,29)25-18-12-15(22)13-23-20(18)27-19-7-5-4-6-17(19)24-26-27/h4-13,25H,1-3H3. The number of anilines is 1. The lowest BCUT2D eigenvalue weighted by atomic mass is 9.87. The zero-order chi connectivity index (χ0) is 21.5. The molecule has 0 bridgehead atoms. The van der Waals surface area contributed by atoms with Crippen LogP contribution in [0, 0.1) is 0 Å². The van der Waals surface area contributed by atoms with Gasteiger partial charge in [-0.15, -0.1) is 5.10 Å². The SMILES string of the molecule is CC(C)(C)c1ccc(S(=O)(=O)Nc2cc(Cl)cnc2-n2nnc3ccccc32)cc1. The van der Waals surface area contributed by atoms with Gasteiger partial charge >= 0.3 is 0 Å². The first-order valence-corrected chi connectivity index (χ1v) is 11.1. The zero-order valence-corrected chi connectivity index (χ0v) is 18.2. The first-order chi connectivity index (χ1) is 14.1. The van der Waals surface area contributed by atoms with E-state index < -0.39 is 10.0 Å². The third-order valence-corrected chi connectivity index (χ3v) is 6.25. The van der Waals surface area contributed by atoms with Gasteiger partial charge in [0, 0.05) is 6.20 Å². The van der Waals surface area contributed by atoms with Crippen molar-refractivity contribution in [2.75, 3.05) is 4.72 Å². The van der Waals surface area contributed by atoms with E-state index in [1.807, 2.05) is 36.4 Å². The van der Waals surface area contributed by atoms with E-state index in [0.29, 0.717) is 16.1 Å². The van der Waals surface area contributed by atoms with Crippen LogP contribution in [0.5, 0.6) is 0 Å². The first kappa shape index (κ1) is 20.3. The molecule has 2 aromatic heterocycles. The van der Waals surface area contributed by atoms with Crippen LogP contribution in [-0.2, 0) is 15.4 Å². The quantitative estimate of drug-likeness (QED) is 0.501. The molecule has 7 nitrogen and oxygen atoms in total. The summed E-state index contributed by atoms with van der Waals surface area (Å²) in [6.45, 7) is 6.21. The van der Waals surface area contributed by atoms with Crippen LogP contribution < -0.4 is 4.72 Å². The van der Waals surface area contributed by atoms with E-state index in [2.05, 4.69) is 40.8 Å². The largest absolute Gasteiger partial charge is 0.276 e. The molecule has 0 fully saturated rings. The van der Waals surface area contributed by atoms with Crippen LogP contribution in [0.25, 0.3) is 16.9 Å². The van der Waals surface area contributed by atoms with Crippen LogP contribution in [0.4, 0.5) is 5.69 Å². The summed E-state index contributed by atoms with van der Waals surface area (Å²) in [6.07, 6.45) is 1.43. The van der Waals surface area contributed by atoms with Gasteiger partial charge in [0.05, 0.1) is 21.1 Å². The predicted molar refractivity (Wildman–Crippen MR) is 118 cm³/mol. The van der Waals surface area contributed by atoms with Crippen molar-refractivity contribution in [2.24, 2.45) is 0 Å². The van der Waals surface area contributed by atoms with Crippen molar-refractivity contribution in [3.63, 3.8) is 0 Å². The molecule has 154 valence electrons. The lowest BCUT2D eigenvalue weighted by Crippen LogP contribution is -2.17. The van der Waals surface area contributed by atoms with Crippen LogP contribution >= 0.6 is 11.6 Å². The Kier molecular flexibility index (Phi) is 4.99. The van der Waals surface area contributed by atoms with Crippen LogP contribution in [0.1, 0.15) is 26.3 Å². The van der Waals surface area contributed by atoms with Gasteiger partial charge in [0.15, 0.2) is 5.82 Å². The molecule has 9 heteroatoms. The number of sulfonamides is 1. The molecule has 2 heterocycles. The summed E-state index contributed by atoms with van der Waals surface area (Å²) < 4.78 is 30.1. The molecule has 0 aliphatic heterocycles. The summed E-state index contributed by atoms with van der Waals surface area (Å²) in [5, 5.41) is 8.53. The normalized spacial score (nSPS) is 12.3. The van der Waals surface area contributed by atoms with Crippen molar-refractivity contribution in [3.8, 4) is 5.82 Å². The fourth-order valence-electron chi connectivity index (χ4n) is 3.04. The van der Waals surface area contributed by atoms with E-state index in [9.17, 15) is 8.42 Å². The number of fused-ring (bicyclic) bond motifs is 1. The van der Waals surface area contributed by atoms with Gasteiger partial charge in [0.1, 0.15) is 5.52 Å². The molecule has 0 amide bonds. The molecule has 2 aromatic carbocycles. The summed E-state index contributed by atoms with van der Waals surface area (Å²) >= 11 is 6.10. The fraction of sp³-hybridized carbons (Fsp3) is 0.190. The van der Waals surface area contributed by atoms with Gasteiger partial charge in [0.2, 0.25) is 0 Å². The highest BCUT2D eigenvalue weighted by molar-refractivity contribution is 7.92. The molecular weight excluding hydrogens is 422 g/mol. The Morgan fingerprint density at radius 1 is 1.03 bits per heavy atom. The summed E-state index contributed by atoms with van der Waals surface area (Å²) in [5.41, 5.74) is 2.54. The van der Waals surface area contributed by atoms with Crippen molar-refractivity contribution in [2.45, 2.75) is 31.1 Å². The van der Waals surface area contributed by atoms with Gasteiger partial charge in [-0.1, -0.05) is 61.9 Å². The Balaban J connectivity index is 1.75. The number of rotatable bonds is 4. The van der Waals surface area contributed by atoms with Crippen molar-refractivity contribution < 1.29 is 8.42 Å². The lowest BCUT2D eigenvalue weighted by molar-refractivity contribution is 0.587. The highest BCUT2D eigenvalue weighted by Crippen LogP contribution is 2.28. The van der Waals surface area contributed by atoms with Gasteiger partial charge in [-0.3, -0.25) is 4.72 Å². The fourth-order valence-corrected chi connectivity index (χ4v) is 4.25. The summed E-state index contributed by atoms with van der Waals surface area (Å²) in [7, 11) is -3.87. The first-order valence-electron chi connectivity index (χ1n) is 9.25. The van der Waals surface area contributed by atoms with E-state index in [1.165, 1.54) is 16.9 Å². The smallest absolute Gasteiger partial charge is 0.262 e. The minimum Gasteiger partial charge on any atom is -0.276 e. The molecule has 4 aromatic rings. The number of pyridine rings is 1. The lowest BCUT2D eigenvalue weighted by Gasteiger charge is -2.19. The maximum Gasteiger partial charge on any atom is 0.262 e. The number of nitrogens with one attached hydrogen (secondary N) is 1. The molecule has 0 atom stereocenters. The van der Waals surface area contributed by atoms with Gasteiger partial charge in [0.25, 0.3) is 10.0 Å². The minimum absolute atomic E-state index is 0.0755. The van der Waals surface area contributed by atoms with Crippen molar-refractivity contribution in [3.05, 3.63) is 71.4 Å². The van der Waals surface area contributed by atoms with E-state index in [4.69, 9.17) is 11.6 Å². The Labute approximate surface area is 179 Å². The van der Waals surface area contributed by atoms with Gasteiger partial charge in [-0.2, -0.15) is 4.68 Å². The Morgan fingerprint density at radius 3 is 2.43 bits per heavy atom. The van der Waals surface area contributed by atoms with E-state index >= 15 is 0 Å². The number of aromatic nitrogens is 4. The maximum absolute atomic E-state index is 13.0. The highest BCUT2D eigenvalue weighted by atomic mass is 35.5. The number of halogens is 1. The van der Waals surface area contributed by atoms with Crippen molar-refractivity contribution >= 4 is 38.3 Å². The third-order valence-electron chi connectivity index (χ3n) is 4.66. The summed E-state index contributed by atoms with van der Waals surface area (Å²) in [4.78, 5) is 4.44. The average Bonchev–Trinajstić information content (AvgIpc) is 3.11. The second-order valence-corrected chi connectivity index (χ2v) is 10.0. The molecule has 0 radical (unpaired) electrons. The Bertz CT molecular complexity index is 1330. The molecule has 0 saturated carbocycles. The molecule has 4 rings (SSSR count). The van der Waals surface area contributed by atoms with Crippen LogP contribution in [-0.4, -0.2) is 28.4 Å². The second kappa shape index (κ2) is 7.37. The molecule has 0 aliphatic rings. The molecule has 1 N–H and O–H groups in total. The maximum atomic E-state index is 13.0. The predicted octanol–water partition coefficient (Wildman–Crippen LogP) is 4.57. The molecule has 0 spiro atoms. The van der Waals surface area contributed by atoms with Crippen LogP contribution in [0.15, 0.2) is 65.7 Å². The molecular formula is C21H20ClN5O2S. The number of para-hydroxylation sites is 1. The zero-order valence-electron chi connectivity index (χ0n) is 16.7. The second-order valence-electron chi connectivity index (χ2n) is 7.89. The monoisotopic (exact) mass is 441 g/mol. The van der Waals surface area contributed by atoms with Gasteiger partial charge in [-0.05, 0) is 41.3 Å². The van der Waals surface area contributed by atoms with E-state index in [1.54, 1.807) is 12.1 Å². The minimum atomic E-state index is -3.87. The number of hydrogen-bond acceptors (Lipinski definition) is 5. The van der Waals surface area contributed by atoms with Crippen LogP contribution in [0.2, 0.25) is 5.02 Å². The van der Waals surface area contributed by atoms with Crippen LogP contribution in [0.3, 0.4) is 0 Å². The number of nitrogens with zero attached hydrogens (tertiary/aromatic N) is 4. The topological polar surface area (TPSA) is 89.8 Å². The number of hydrogen-bond donors (Lipinski definition) is 1. The Hall–Kier alpha value is -2.97. The molecule has 30 heavy (non-hydrogen) atoms. The Morgan fingerprint density at radius 2 is 1.73 bits per heavy atom. The third kappa shape index (κ3) is 3.88. The molecule has 0 unspecified atom stereocenters. The summed E-state index contributed by atoms with van der Waals surface area (Å²) in [6, 6.07) is 15.6.